The molecule has 2 heteroatoms. The van der Waals surface area contributed by atoms with Crippen molar-refractivity contribution in [3.05, 3.63) is 0 Å². The van der Waals surface area contributed by atoms with Gasteiger partial charge in [0.2, 0.25) is 0 Å². The van der Waals surface area contributed by atoms with Crippen molar-refractivity contribution in [1.29, 1.82) is 0 Å². The Hall–Kier alpha value is -0.0800. The molecule has 1 unspecified atom stereocenters. The highest BCUT2D eigenvalue weighted by molar-refractivity contribution is 4.59. The molecule has 0 spiro atoms. The van der Waals surface area contributed by atoms with Crippen molar-refractivity contribution in [2.45, 2.75) is 46.1 Å². The third kappa shape index (κ3) is 8.02. The highest BCUT2D eigenvalue weighted by Crippen LogP contribution is 2.02. The second kappa shape index (κ2) is 7.56. The average Bonchev–Trinajstić information content (AvgIpc) is 1.98. The lowest BCUT2D eigenvalue weighted by molar-refractivity contribution is 0.268. The molecule has 0 aliphatic carbocycles. The Morgan fingerprint density at radius 2 is 1.83 bits per heavy atom. The molecule has 0 saturated heterocycles. The Morgan fingerprint density at radius 3 is 2.33 bits per heavy atom. The van der Waals surface area contributed by atoms with Crippen molar-refractivity contribution >= 4 is 0 Å². The Balaban J connectivity index is 3.08. The zero-order valence-electron chi connectivity index (χ0n) is 8.64. The lowest BCUT2D eigenvalue weighted by Crippen LogP contribution is -2.27. The van der Waals surface area contributed by atoms with Gasteiger partial charge in [0.1, 0.15) is 0 Å². The minimum atomic E-state index is 0.290. The van der Waals surface area contributed by atoms with Crippen LogP contribution in [-0.2, 0) is 0 Å². The molecule has 0 aliphatic rings. The molecule has 2 nitrogen and oxygen atoms in total. The SMILES string of the molecule is CC(C)CCCNC(C)CCO. The summed E-state index contributed by atoms with van der Waals surface area (Å²) in [6.07, 6.45) is 3.40. The first-order valence-corrected chi connectivity index (χ1v) is 5.01. The first-order chi connectivity index (χ1) is 5.66. The van der Waals surface area contributed by atoms with Crippen LogP contribution >= 0.6 is 0 Å². The predicted octanol–water partition coefficient (Wildman–Crippen LogP) is 1.78. The van der Waals surface area contributed by atoms with Crippen LogP contribution in [0.5, 0.6) is 0 Å². The monoisotopic (exact) mass is 173 g/mol. The van der Waals surface area contributed by atoms with Crippen LogP contribution < -0.4 is 5.32 Å². The van der Waals surface area contributed by atoms with Crippen molar-refractivity contribution in [2.75, 3.05) is 13.2 Å². The van der Waals surface area contributed by atoms with Crippen LogP contribution in [-0.4, -0.2) is 24.3 Å². The van der Waals surface area contributed by atoms with Gasteiger partial charge in [-0.15, -0.1) is 0 Å². The van der Waals surface area contributed by atoms with Gasteiger partial charge < -0.3 is 10.4 Å². The van der Waals surface area contributed by atoms with Crippen LogP contribution in [0.3, 0.4) is 0 Å². The molecule has 74 valence electrons. The first kappa shape index (κ1) is 11.9. The topological polar surface area (TPSA) is 32.3 Å². The molecule has 0 heterocycles. The van der Waals surface area contributed by atoms with Gasteiger partial charge in [-0.25, -0.2) is 0 Å². The van der Waals surface area contributed by atoms with Crippen LogP contribution in [0, 0.1) is 5.92 Å². The van der Waals surface area contributed by atoms with E-state index in [1.54, 1.807) is 0 Å². The van der Waals surface area contributed by atoms with E-state index in [1.165, 1.54) is 12.8 Å². The van der Waals surface area contributed by atoms with Gasteiger partial charge in [0.15, 0.2) is 0 Å². The molecule has 0 bridgehead atoms. The van der Waals surface area contributed by atoms with E-state index in [9.17, 15) is 0 Å². The summed E-state index contributed by atoms with van der Waals surface area (Å²) in [6.45, 7) is 7.98. The summed E-state index contributed by atoms with van der Waals surface area (Å²) in [5, 5.41) is 12.0. The molecular formula is C10H23NO. The molecule has 0 aliphatic heterocycles. The largest absolute Gasteiger partial charge is 0.396 e. The molecule has 0 aromatic rings. The van der Waals surface area contributed by atoms with E-state index in [0.29, 0.717) is 12.6 Å². The third-order valence-electron chi connectivity index (χ3n) is 2.01. The number of hydrogen-bond acceptors (Lipinski definition) is 2. The van der Waals surface area contributed by atoms with Gasteiger partial charge in [0.25, 0.3) is 0 Å². The van der Waals surface area contributed by atoms with E-state index in [2.05, 4.69) is 26.1 Å². The Labute approximate surface area is 76.4 Å². The van der Waals surface area contributed by atoms with Crippen molar-refractivity contribution < 1.29 is 5.11 Å². The van der Waals surface area contributed by atoms with Gasteiger partial charge in [0, 0.05) is 12.6 Å². The van der Waals surface area contributed by atoms with Gasteiger partial charge in [0.05, 0.1) is 0 Å². The van der Waals surface area contributed by atoms with E-state index in [4.69, 9.17) is 5.11 Å². The number of aliphatic hydroxyl groups is 1. The Kier molecular flexibility index (Phi) is 7.51. The van der Waals surface area contributed by atoms with Crippen LogP contribution in [0.1, 0.15) is 40.0 Å². The average molecular weight is 173 g/mol. The van der Waals surface area contributed by atoms with Gasteiger partial charge in [-0.3, -0.25) is 0 Å². The second-order valence-corrected chi connectivity index (χ2v) is 3.90. The molecule has 0 aromatic carbocycles. The fourth-order valence-corrected chi connectivity index (χ4v) is 1.15. The van der Waals surface area contributed by atoms with Crippen molar-refractivity contribution in [3.63, 3.8) is 0 Å². The smallest absolute Gasteiger partial charge is 0.0445 e. The zero-order chi connectivity index (χ0) is 9.40. The maximum absolute atomic E-state index is 8.64. The maximum Gasteiger partial charge on any atom is 0.0445 e. The van der Waals surface area contributed by atoms with Crippen molar-refractivity contribution in [2.24, 2.45) is 5.92 Å². The number of aliphatic hydroxyl groups excluding tert-OH is 1. The van der Waals surface area contributed by atoms with Gasteiger partial charge >= 0.3 is 0 Å². The molecule has 1 atom stereocenters. The molecule has 0 rings (SSSR count). The standard InChI is InChI=1S/C10H23NO/c1-9(2)5-4-7-11-10(3)6-8-12/h9-12H,4-8H2,1-3H3. The zero-order valence-corrected chi connectivity index (χ0v) is 8.64. The van der Waals surface area contributed by atoms with Gasteiger partial charge in [-0.2, -0.15) is 0 Å². The molecule has 0 aromatic heterocycles. The second-order valence-electron chi connectivity index (χ2n) is 3.90. The summed E-state index contributed by atoms with van der Waals surface area (Å²) < 4.78 is 0. The lowest BCUT2D eigenvalue weighted by Gasteiger charge is -2.12. The molecule has 0 amide bonds. The van der Waals surface area contributed by atoms with Crippen molar-refractivity contribution in [1.82, 2.24) is 5.32 Å². The minimum Gasteiger partial charge on any atom is -0.396 e. The van der Waals surface area contributed by atoms with Gasteiger partial charge in [-0.1, -0.05) is 13.8 Å². The van der Waals surface area contributed by atoms with E-state index < -0.39 is 0 Å². The highest BCUT2D eigenvalue weighted by atomic mass is 16.3. The normalized spacial score (nSPS) is 13.8. The quantitative estimate of drug-likeness (QED) is 0.575. The van der Waals surface area contributed by atoms with E-state index in [0.717, 1.165) is 18.9 Å². The Bertz CT molecular complexity index is 93.8. The predicted molar refractivity (Wildman–Crippen MR) is 53.2 cm³/mol. The van der Waals surface area contributed by atoms with Crippen LogP contribution in [0.4, 0.5) is 0 Å². The third-order valence-corrected chi connectivity index (χ3v) is 2.01. The minimum absolute atomic E-state index is 0.290. The first-order valence-electron chi connectivity index (χ1n) is 5.01. The summed E-state index contributed by atoms with van der Waals surface area (Å²) in [6, 6.07) is 0.460. The molecular weight excluding hydrogens is 150 g/mol. The summed E-state index contributed by atoms with van der Waals surface area (Å²) in [5.41, 5.74) is 0. The van der Waals surface area contributed by atoms with Gasteiger partial charge in [-0.05, 0) is 38.6 Å². The van der Waals surface area contributed by atoms with E-state index >= 15 is 0 Å². The van der Waals surface area contributed by atoms with Crippen LogP contribution in [0.2, 0.25) is 0 Å². The molecule has 2 N–H and O–H groups in total. The fraction of sp³-hybridized carbons (Fsp3) is 1.00. The van der Waals surface area contributed by atoms with Crippen LogP contribution in [0.25, 0.3) is 0 Å². The molecule has 0 saturated carbocycles. The lowest BCUT2D eigenvalue weighted by atomic mass is 10.1. The summed E-state index contributed by atoms with van der Waals surface area (Å²) in [5.74, 6) is 0.806. The summed E-state index contributed by atoms with van der Waals surface area (Å²) >= 11 is 0. The summed E-state index contributed by atoms with van der Waals surface area (Å²) in [7, 11) is 0. The number of nitrogens with one attached hydrogen (secondary N) is 1. The number of rotatable bonds is 7. The summed E-state index contributed by atoms with van der Waals surface area (Å²) in [4.78, 5) is 0. The van der Waals surface area contributed by atoms with E-state index in [1.807, 2.05) is 0 Å². The fourth-order valence-electron chi connectivity index (χ4n) is 1.15. The molecule has 0 radical (unpaired) electrons. The van der Waals surface area contributed by atoms with Crippen LogP contribution in [0.15, 0.2) is 0 Å². The maximum atomic E-state index is 8.64. The molecule has 0 fully saturated rings. The van der Waals surface area contributed by atoms with Crippen molar-refractivity contribution in [3.8, 4) is 0 Å². The number of hydrogen-bond donors (Lipinski definition) is 2. The Morgan fingerprint density at radius 1 is 1.17 bits per heavy atom. The highest BCUT2D eigenvalue weighted by Gasteiger charge is 1.99. The molecule has 12 heavy (non-hydrogen) atoms. The van der Waals surface area contributed by atoms with E-state index in [-0.39, 0.29) is 0 Å².